The number of carbonyl (C=O) groups is 1. The first-order chi connectivity index (χ1) is 9.99. The van der Waals surface area contributed by atoms with Crippen molar-refractivity contribution in [3.8, 4) is 11.5 Å². The molecule has 0 heterocycles. The van der Waals surface area contributed by atoms with E-state index in [0.717, 1.165) is 0 Å². The van der Waals surface area contributed by atoms with Crippen molar-refractivity contribution < 1.29 is 19.4 Å². The van der Waals surface area contributed by atoms with E-state index in [4.69, 9.17) is 37.8 Å². The summed E-state index contributed by atoms with van der Waals surface area (Å²) >= 11 is 11.8. The summed E-state index contributed by atoms with van der Waals surface area (Å²) in [5, 5.41) is 9.97. The average Bonchev–Trinajstić information content (AvgIpc) is 2.46. The van der Waals surface area contributed by atoms with E-state index in [1.165, 1.54) is 19.2 Å². The second-order valence-electron chi connectivity index (χ2n) is 4.24. The van der Waals surface area contributed by atoms with Gasteiger partial charge in [0.2, 0.25) is 0 Å². The Morgan fingerprint density at radius 1 is 1.19 bits per heavy atom. The highest BCUT2D eigenvalue weighted by molar-refractivity contribution is 6.35. The van der Waals surface area contributed by atoms with E-state index in [0.29, 0.717) is 27.1 Å². The summed E-state index contributed by atoms with van der Waals surface area (Å²) in [6.07, 6.45) is 0. The molecule has 0 saturated carbocycles. The van der Waals surface area contributed by atoms with E-state index < -0.39 is 5.97 Å². The molecule has 0 amide bonds. The van der Waals surface area contributed by atoms with Crippen LogP contribution in [0, 0.1) is 0 Å². The Kier molecular flexibility index (Phi) is 4.94. The van der Waals surface area contributed by atoms with Gasteiger partial charge in [-0.25, -0.2) is 4.79 Å². The maximum Gasteiger partial charge on any atom is 0.335 e. The molecule has 0 atom stereocenters. The fraction of sp³-hybridized carbons (Fsp3) is 0.133. The summed E-state index contributed by atoms with van der Waals surface area (Å²) in [6, 6.07) is 9.57. The minimum Gasteiger partial charge on any atom is -0.497 e. The van der Waals surface area contributed by atoms with Crippen molar-refractivity contribution in [2.45, 2.75) is 6.61 Å². The van der Waals surface area contributed by atoms with Gasteiger partial charge in [0.1, 0.15) is 18.1 Å². The van der Waals surface area contributed by atoms with Gasteiger partial charge in [-0.05, 0) is 42.0 Å². The van der Waals surface area contributed by atoms with Crippen LogP contribution in [0.4, 0.5) is 0 Å². The van der Waals surface area contributed by atoms with Crippen molar-refractivity contribution >= 4 is 29.2 Å². The van der Waals surface area contributed by atoms with Crippen molar-refractivity contribution in [3.05, 3.63) is 57.6 Å². The molecule has 6 heteroatoms. The summed E-state index contributed by atoms with van der Waals surface area (Å²) in [5.41, 5.74) is 0.799. The molecule has 0 aliphatic heterocycles. The molecule has 0 bridgehead atoms. The lowest BCUT2D eigenvalue weighted by Crippen LogP contribution is -2.02. The highest BCUT2D eigenvalue weighted by Crippen LogP contribution is 2.28. The molecule has 0 fully saturated rings. The number of hydrogen-bond donors (Lipinski definition) is 1. The van der Waals surface area contributed by atoms with Crippen molar-refractivity contribution in [1.82, 2.24) is 0 Å². The number of hydrogen-bond acceptors (Lipinski definition) is 3. The summed E-state index contributed by atoms with van der Waals surface area (Å²) in [4.78, 5) is 11.1. The van der Waals surface area contributed by atoms with Crippen molar-refractivity contribution in [2.75, 3.05) is 7.11 Å². The van der Waals surface area contributed by atoms with E-state index in [9.17, 15) is 4.79 Å². The van der Waals surface area contributed by atoms with E-state index >= 15 is 0 Å². The summed E-state index contributed by atoms with van der Waals surface area (Å²) in [7, 11) is 1.47. The van der Waals surface area contributed by atoms with Gasteiger partial charge in [0.05, 0.1) is 17.7 Å². The monoisotopic (exact) mass is 326 g/mol. The number of aromatic carboxylic acids is 1. The minimum atomic E-state index is -1.03. The van der Waals surface area contributed by atoms with Crippen LogP contribution in [0.3, 0.4) is 0 Å². The van der Waals surface area contributed by atoms with Crippen LogP contribution in [-0.2, 0) is 6.61 Å². The molecule has 4 nitrogen and oxygen atoms in total. The van der Waals surface area contributed by atoms with Gasteiger partial charge in [0, 0.05) is 5.02 Å². The number of carboxylic acids is 1. The van der Waals surface area contributed by atoms with Crippen LogP contribution in [0.2, 0.25) is 10.0 Å². The highest BCUT2D eigenvalue weighted by Gasteiger charge is 2.09. The molecule has 0 aromatic heterocycles. The van der Waals surface area contributed by atoms with Crippen molar-refractivity contribution in [2.24, 2.45) is 0 Å². The number of benzene rings is 2. The first kappa shape index (κ1) is 15.5. The standard InChI is InChI=1S/C15H12Cl2O4/c1-20-12-5-9(4-10(6-12)15(18)19)8-21-14-3-2-11(16)7-13(14)17/h2-7H,8H2,1H3,(H,18,19). The van der Waals surface area contributed by atoms with Gasteiger partial charge in [-0.2, -0.15) is 0 Å². The molecular weight excluding hydrogens is 315 g/mol. The molecule has 0 unspecified atom stereocenters. The summed E-state index contributed by atoms with van der Waals surface area (Å²) in [6.45, 7) is 0.166. The largest absolute Gasteiger partial charge is 0.497 e. The van der Waals surface area contributed by atoms with E-state index in [2.05, 4.69) is 0 Å². The summed E-state index contributed by atoms with van der Waals surface area (Å²) < 4.78 is 10.6. The molecule has 0 saturated heterocycles. The normalized spacial score (nSPS) is 10.2. The first-order valence-electron chi connectivity index (χ1n) is 5.98. The van der Waals surface area contributed by atoms with E-state index in [1.807, 2.05) is 0 Å². The van der Waals surface area contributed by atoms with Crippen LogP contribution in [-0.4, -0.2) is 18.2 Å². The third-order valence-electron chi connectivity index (χ3n) is 2.74. The quantitative estimate of drug-likeness (QED) is 0.890. The van der Waals surface area contributed by atoms with Gasteiger partial charge >= 0.3 is 5.97 Å². The Morgan fingerprint density at radius 2 is 1.95 bits per heavy atom. The molecule has 0 aliphatic carbocycles. The van der Waals surface area contributed by atoms with Crippen LogP contribution in [0.5, 0.6) is 11.5 Å². The van der Waals surface area contributed by atoms with Crippen LogP contribution in [0.15, 0.2) is 36.4 Å². The predicted octanol–water partition coefficient (Wildman–Crippen LogP) is 4.28. The minimum absolute atomic E-state index is 0.134. The number of rotatable bonds is 5. The third-order valence-corrected chi connectivity index (χ3v) is 3.27. The van der Waals surface area contributed by atoms with Crippen LogP contribution < -0.4 is 9.47 Å². The number of carboxylic acid groups (broad SMARTS) is 1. The Hall–Kier alpha value is -1.91. The molecule has 2 rings (SSSR count). The van der Waals surface area contributed by atoms with Gasteiger partial charge < -0.3 is 14.6 Å². The van der Waals surface area contributed by atoms with Crippen LogP contribution >= 0.6 is 23.2 Å². The van der Waals surface area contributed by atoms with Gasteiger partial charge in [0.15, 0.2) is 0 Å². The second kappa shape index (κ2) is 6.70. The lowest BCUT2D eigenvalue weighted by molar-refractivity contribution is 0.0696. The zero-order valence-corrected chi connectivity index (χ0v) is 12.6. The van der Waals surface area contributed by atoms with Gasteiger partial charge in [-0.3, -0.25) is 0 Å². The predicted molar refractivity (Wildman–Crippen MR) is 80.7 cm³/mol. The molecule has 21 heavy (non-hydrogen) atoms. The van der Waals surface area contributed by atoms with Crippen LogP contribution in [0.25, 0.3) is 0 Å². The SMILES string of the molecule is COc1cc(COc2ccc(Cl)cc2Cl)cc(C(=O)O)c1. The second-order valence-corrected chi connectivity index (χ2v) is 5.08. The van der Waals surface area contributed by atoms with Crippen molar-refractivity contribution in [1.29, 1.82) is 0 Å². The lowest BCUT2D eigenvalue weighted by Gasteiger charge is -2.10. The molecule has 0 aliphatic rings. The maximum absolute atomic E-state index is 11.1. The Bertz CT molecular complexity index is 671. The van der Waals surface area contributed by atoms with Gasteiger partial charge in [0.25, 0.3) is 0 Å². The molecule has 2 aromatic rings. The zero-order chi connectivity index (χ0) is 15.4. The van der Waals surface area contributed by atoms with Crippen molar-refractivity contribution in [3.63, 3.8) is 0 Å². The smallest absolute Gasteiger partial charge is 0.335 e. The molecular formula is C15H12Cl2O4. The van der Waals surface area contributed by atoms with Gasteiger partial charge in [-0.1, -0.05) is 23.2 Å². The summed E-state index contributed by atoms with van der Waals surface area (Å²) in [5.74, 6) is -0.101. The first-order valence-corrected chi connectivity index (χ1v) is 6.74. The van der Waals surface area contributed by atoms with E-state index in [1.54, 1.807) is 24.3 Å². The fourth-order valence-corrected chi connectivity index (χ4v) is 2.20. The Morgan fingerprint density at radius 3 is 2.57 bits per heavy atom. The lowest BCUT2D eigenvalue weighted by atomic mass is 10.1. The van der Waals surface area contributed by atoms with Gasteiger partial charge in [-0.15, -0.1) is 0 Å². The number of ether oxygens (including phenoxy) is 2. The fourth-order valence-electron chi connectivity index (χ4n) is 1.74. The molecule has 2 aromatic carbocycles. The molecule has 110 valence electrons. The Labute approximate surface area is 131 Å². The third kappa shape index (κ3) is 4.03. The number of methoxy groups -OCH3 is 1. The van der Waals surface area contributed by atoms with Crippen LogP contribution in [0.1, 0.15) is 15.9 Å². The highest BCUT2D eigenvalue weighted by atomic mass is 35.5. The zero-order valence-electron chi connectivity index (χ0n) is 11.1. The number of halogens is 2. The molecule has 0 spiro atoms. The topological polar surface area (TPSA) is 55.8 Å². The maximum atomic E-state index is 11.1. The van der Waals surface area contributed by atoms with E-state index in [-0.39, 0.29) is 12.2 Å². The Balaban J connectivity index is 2.19. The molecule has 0 radical (unpaired) electrons. The molecule has 1 N–H and O–H groups in total. The average molecular weight is 327 g/mol.